The molecule has 5 heteroatoms. The van der Waals surface area contributed by atoms with Gasteiger partial charge in [-0.25, -0.2) is 4.79 Å². The van der Waals surface area contributed by atoms with E-state index in [1.165, 1.54) is 22.3 Å². The van der Waals surface area contributed by atoms with Crippen LogP contribution in [0.1, 0.15) is 47.9 Å². The summed E-state index contributed by atoms with van der Waals surface area (Å²) in [5.41, 5.74) is 4.89. The fraction of sp³-hybridized carbons (Fsp3) is 0.600. The maximum absolute atomic E-state index is 12.8. The summed E-state index contributed by atoms with van der Waals surface area (Å²) < 4.78 is 0. The second-order valence-electron chi connectivity index (χ2n) is 7.56. The van der Waals surface area contributed by atoms with Crippen molar-refractivity contribution in [1.82, 2.24) is 15.5 Å². The van der Waals surface area contributed by atoms with Crippen LogP contribution in [0.15, 0.2) is 12.1 Å². The normalized spacial score (nSPS) is 23.5. The highest BCUT2D eigenvalue weighted by molar-refractivity contribution is 5.79. The van der Waals surface area contributed by atoms with Gasteiger partial charge >= 0.3 is 6.03 Å². The number of rotatable bonds is 3. The van der Waals surface area contributed by atoms with Gasteiger partial charge in [0.05, 0.1) is 0 Å². The fourth-order valence-corrected chi connectivity index (χ4v) is 4.35. The highest BCUT2D eigenvalue weighted by Crippen LogP contribution is 2.27. The number of nitrogens with zero attached hydrogens (tertiary/aromatic N) is 1. The first-order valence-corrected chi connectivity index (χ1v) is 9.33. The van der Waals surface area contributed by atoms with Crippen LogP contribution in [-0.4, -0.2) is 36.0 Å². The van der Waals surface area contributed by atoms with E-state index >= 15 is 0 Å². The van der Waals surface area contributed by atoms with E-state index in [9.17, 15) is 9.59 Å². The van der Waals surface area contributed by atoms with Gasteiger partial charge in [-0.1, -0.05) is 17.7 Å². The van der Waals surface area contributed by atoms with Gasteiger partial charge in [-0.2, -0.15) is 0 Å². The summed E-state index contributed by atoms with van der Waals surface area (Å²) >= 11 is 0. The Labute approximate surface area is 150 Å². The Morgan fingerprint density at radius 1 is 1.24 bits per heavy atom. The Morgan fingerprint density at radius 3 is 2.60 bits per heavy atom. The average Bonchev–Trinajstić information content (AvgIpc) is 3.00. The number of urea groups is 1. The third kappa shape index (κ3) is 3.97. The minimum Gasteiger partial charge on any atom is -0.356 e. The van der Waals surface area contributed by atoms with Crippen molar-refractivity contribution in [3.8, 4) is 0 Å². The van der Waals surface area contributed by atoms with Crippen molar-refractivity contribution in [3.63, 3.8) is 0 Å². The fourth-order valence-electron chi connectivity index (χ4n) is 4.35. The zero-order chi connectivity index (χ0) is 18.0. The van der Waals surface area contributed by atoms with E-state index in [-0.39, 0.29) is 23.9 Å². The van der Waals surface area contributed by atoms with Crippen molar-refractivity contribution < 1.29 is 9.59 Å². The van der Waals surface area contributed by atoms with Crippen LogP contribution in [0.3, 0.4) is 0 Å². The SMILES string of the molecule is Cc1cc(C)c(CNC(=O)N2CCCCC2C2CNC(=O)C2)c(C)c1. The molecule has 1 aromatic carbocycles. The highest BCUT2D eigenvalue weighted by Gasteiger charge is 2.36. The first kappa shape index (κ1) is 17.8. The molecule has 25 heavy (non-hydrogen) atoms. The molecule has 3 amide bonds. The van der Waals surface area contributed by atoms with Crippen LogP contribution in [0.5, 0.6) is 0 Å². The van der Waals surface area contributed by atoms with Gasteiger partial charge < -0.3 is 15.5 Å². The second kappa shape index (κ2) is 7.46. The number of carbonyl (C=O) groups is 2. The summed E-state index contributed by atoms with van der Waals surface area (Å²) in [6.07, 6.45) is 3.72. The summed E-state index contributed by atoms with van der Waals surface area (Å²) in [7, 11) is 0. The molecule has 2 aliphatic rings. The minimum atomic E-state index is 0.00317. The molecule has 0 radical (unpaired) electrons. The Kier molecular flexibility index (Phi) is 5.30. The van der Waals surface area contributed by atoms with Crippen LogP contribution in [0.25, 0.3) is 0 Å². The number of piperidine rings is 1. The first-order valence-electron chi connectivity index (χ1n) is 9.33. The number of hydrogen-bond donors (Lipinski definition) is 2. The number of benzene rings is 1. The van der Waals surface area contributed by atoms with Gasteiger partial charge in [0.2, 0.25) is 5.91 Å². The number of carbonyl (C=O) groups excluding carboxylic acids is 2. The predicted molar refractivity (Wildman–Crippen MR) is 98.4 cm³/mol. The second-order valence-corrected chi connectivity index (χ2v) is 7.56. The summed E-state index contributed by atoms with van der Waals surface area (Å²) in [6.45, 7) is 8.33. The lowest BCUT2D eigenvalue weighted by molar-refractivity contribution is -0.119. The van der Waals surface area contributed by atoms with Gasteiger partial charge in [0, 0.05) is 38.0 Å². The predicted octanol–water partition coefficient (Wildman–Crippen LogP) is 2.81. The van der Waals surface area contributed by atoms with Crippen molar-refractivity contribution in [2.24, 2.45) is 5.92 Å². The monoisotopic (exact) mass is 343 g/mol. The summed E-state index contributed by atoms with van der Waals surface area (Å²) in [4.78, 5) is 26.3. The summed E-state index contributed by atoms with van der Waals surface area (Å²) in [5.74, 6) is 0.364. The van der Waals surface area contributed by atoms with Crippen molar-refractivity contribution in [3.05, 3.63) is 34.4 Å². The molecule has 2 N–H and O–H groups in total. The van der Waals surface area contributed by atoms with E-state index in [2.05, 4.69) is 43.5 Å². The molecule has 0 saturated carbocycles. The summed E-state index contributed by atoms with van der Waals surface area (Å²) in [5, 5.41) is 6.02. The third-order valence-electron chi connectivity index (χ3n) is 5.62. The highest BCUT2D eigenvalue weighted by atomic mass is 16.2. The molecule has 0 spiro atoms. The molecule has 136 valence electrons. The third-order valence-corrected chi connectivity index (χ3v) is 5.62. The molecule has 2 atom stereocenters. The van der Waals surface area contributed by atoms with Gasteiger partial charge in [-0.3, -0.25) is 4.79 Å². The van der Waals surface area contributed by atoms with Crippen LogP contribution in [0.2, 0.25) is 0 Å². The lowest BCUT2D eigenvalue weighted by Gasteiger charge is -2.38. The largest absolute Gasteiger partial charge is 0.356 e. The molecule has 0 bridgehead atoms. The molecular weight excluding hydrogens is 314 g/mol. The lowest BCUT2D eigenvalue weighted by Crippen LogP contribution is -2.51. The van der Waals surface area contributed by atoms with E-state index in [1.54, 1.807) is 0 Å². The number of likely N-dealkylation sites (tertiary alicyclic amines) is 1. The molecule has 1 aromatic rings. The molecule has 2 aliphatic heterocycles. The molecule has 5 nitrogen and oxygen atoms in total. The van der Waals surface area contributed by atoms with Crippen molar-refractivity contribution >= 4 is 11.9 Å². The standard InChI is InChI=1S/C20H29N3O2/c1-13-8-14(2)17(15(3)9-13)12-22-20(25)23-7-5-4-6-18(23)16-10-19(24)21-11-16/h8-9,16,18H,4-7,10-12H2,1-3H3,(H,21,24)(H,22,25). The van der Waals surface area contributed by atoms with Crippen LogP contribution in [0.4, 0.5) is 4.79 Å². The Morgan fingerprint density at radius 2 is 1.96 bits per heavy atom. The molecule has 2 saturated heterocycles. The van der Waals surface area contributed by atoms with E-state index < -0.39 is 0 Å². The van der Waals surface area contributed by atoms with Crippen molar-refractivity contribution in [2.45, 2.75) is 59.0 Å². The molecular formula is C20H29N3O2. The maximum atomic E-state index is 12.8. The number of nitrogens with one attached hydrogen (secondary N) is 2. The molecule has 2 unspecified atom stereocenters. The van der Waals surface area contributed by atoms with Gasteiger partial charge in [-0.15, -0.1) is 0 Å². The number of amides is 3. The smallest absolute Gasteiger partial charge is 0.317 e. The van der Waals surface area contributed by atoms with Gasteiger partial charge in [0.25, 0.3) is 0 Å². The maximum Gasteiger partial charge on any atom is 0.317 e. The van der Waals surface area contributed by atoms with Crippen LogP contribution < -0.4 is 10.6 Å². The van der Waals surface area contributed by atoms with E-state index in [1.807, 2.05) is 4.90 Å². The van der Waals surface area contributed by atoms with Crippen LogP contribution in [-0.2, 0) is 11.3 Å². The minimum absolute atomic E-state index is 0.00317. The lowest BCUT2D eigenvalue weighted by atomic mass is 9.90. The zero-order valence-corrected chi connectivity index (χ0v) is 15.5. The first-order chi connectivity index (χ1) is 12.0. The van der Waals surface area contributed by atoms with Gasteiger partial charge in [0.15, 0.2) is 0 Å². The average molecular weight is 343 g/mol. The number of aryl methyl sites for hydroxylation is 3. The van der Waals surface area contributed by atoms with Gasteiger partial charge in [-0.05, 0) is 56.7 Å². The van der Waals surface area contributed by atoms with Gasteiger partial charge in [0.1, 0.15) is 0 Å². The van der Waals surface area contributed by atoms with E-state index in [4.69, 9.17) is 0 Å². The summed E-state index contributed by atoms with van der Waals surface area (Å²) in [6, 6.07) is 4.50. The van der Waals surface area contributed by atoms with Crippen LogP contribution >= 0.6 is 0 Å². The van der Waals surface area contributed by atoms with E-state index in [0.717, 1.165) is 25.8 Å². The van der Waals surface area contributed by atoms with Crippen molar-refractivity contribution in [1.29, 1.82) is 0 Å². The quantitative estimate of drug-likeness (QED) is 0.886. The number of hydrogen-bond acceptors (Lipinski definition) is 2. The zero-order valence-electron chi connectivity index (χ0n) is 15.5. The Balaban J connectivity index is 1.66. The van der Waals surface area contributed by atoms with Crippen LogP contribution in [0, 0.1) is 26.7 Å². The Bertz CT molecular complexity index is 648. The molecule has 2 fully saturated rings. The molecule has 3 rings (SSSR count). The van der Waals surface area contributed by atoms with E-state index in [0.29, 0.717) is 19.5 Å². The molecule has 0 aromatic heterocycles. The Hall–Kier alpha value is -2.04. The topological polar surface area (TPSA) is 61.4 Å². The molecule has 2 heterocycles. The van der Waals surface area contributed by atoms with Crippen molar-refractivity contribution in [2.75, 3.05) is 13.1 Å². The molecule has 0 aliphatic carbocycles.